The number of hydrogen-bond donors (Lipinski definition) is 0. The van der Waals surface area contributed by atoms with Crippen molar-refractivity contribution in [1.29, 1.82) is 0 Å². The molecule has 0 unspecified atom stereocenters. The SMILES string of the molecule is [C-]#[N+]c1c(CC(C)C)ccc2c1oc1c(-c3cccc[n+]3C)c(C)cc(C)c12. The first-order chi connectivity index (χ1) is 13.4. The molecule has 3 heteroatoms. The van der Waals surface area contributed by atoms with E-state index in [0.717, 1.165) is 45.2 Å². The number of nitrogens with zero attached hydrogens (tertiary/aromatic N) is 2. The molecule has 0 aliphatic carbocycles. The van der Waals surface area contributed by atoms with Crippen LogP contribution in [0.2, 0.25) is 0 Å². The van der Waals surface area contributed by atoms with Gasteiger partial charge in [0.05, 0.1) is 12.1 Å². The highest BCUT2D eigenvalue weighted by Gasteiger charge is 2.23. The number of benzene rings is 2. The molecule has 0 N–H and O–H groups in total. The molecule has 0 amide bonds. The van der Waals surface area contributed by atoms with Crippen LogP contribution in [-0.2, 0) is 13.5 Å². The van der Waals surface area contributed by atoms with Gasteiger partial charge < -0.3 is 4.42 Å². The number of rotatable bonds is 3. The molecule has 2 aromatic heterocycles. The van der Waals surface area contributed by atoms with Crippen LogP contribution in [0.1, 0.15) is 30.5 Å². The Balaban J connectivity index is 2.14. The lowest BCUT2D eigenvalue weighted by Gasteiger charge is -2.08. The van der Waals surface area contributed by atoms with Crippen molar-refractivity contribution in [3.63, 3.8) is 0 Å². The third-order valence-corrected chi connectivity index (χ3v) is 5.42. The molecule has 0 aliphatic heterocycles. The molecule has 140 valence electrons. The van der Waals surface area contributed by atoms with Crippen LogP contribution < -0.4 is 4.57 Å². The molecule has 28 heavy (non-hydrogen) atoms. The van der Waals surface area contributed by atoms with E-state index < -0.39 is 0 Å². The average molecular weight is 369 g/mol. The number of hydrogen-bond acceptors (Lipinski definition) is 1. The predicted octanol–water partition coefficient (Wildman–Crippen LogP) is 6.44. The van der Waals surface area contributed by atoms with Crippen molar-refractivity contribution in [2.24, 2.45) is 13.0 Å². The fourth-order valence-electron chi connectivity index (χ4n) is 4.23. The van der Waals surface area contributed by atoms with E-state index in [1.807, 2.05) is 6.07 Å². The summed E-state index contributed by atoms with van der Waals surface area (Å²) in [4.78, 5) is 3.87. The van der Waals surface area contributed by atoms with Gasteiger partial charge in [-0.05, 0) is 48.9 Å². The number of aromatic nitrogens is 1. The fourth-order valence-corrected chi connectivity index (χ4v) is 4.23. The normalized spacial score (nSPS) is 11.5. The Kier molecular flexibility index (Phi) is 4.43. The van der Waals surface area contributed by atoms with Crippen LogP contribution >= 0.6 is 0 Å². The Labute approximate surface area is 166 Å². The van der Waals surface area contributed by atoms with E-state index >= 15 is 0 Å². The largest absolute Gasteiger partial charge is 0.466 e. The lowest BCUT2D eigenvalue weighted by atomic mass is 9.95. The molecule has 4 rings (SSSR count). The van der Waals surface area contributed by atoms with Gasteiger partial charge in [0.15, 0.2) is 6.20 Å². The smallest absolute Gasteiger partial charge is 0.232 e. The van der Waals surface area contributed by atoms with Crippen LogP contribution in [0.3, 0.4) is 0 Å². The average Bonchev–Trinajstić information content (AvgIpc) is 3.02. The second-order valence-electron chi connectivity index (χ2n) is 8.05. The Hall–Kier alpha value is -3.12. The van der Waals surface area contributed by atoms with Gasteiger partial charge in [-0.1, -0.05) is 32.0 Å². The standard InChI is InChI=1S/C25H25N2O/c1-15(2)13-18-10-11-19-21-16(3)14-17(4)22(20-9-7-8-12-27(20)6)25(21)28-24(19)23(18)26-5/h7-12,14-15H,13H2,1-4,6H3/q+1. The third-order valence-electron chi connectivity index (χ3n) is 5.42. The highest BCUT2D eigenvalue weighted by Crippen LogP contribution is 2.43. The van der Waals surface area contributed by atoms with Gasteiger partial charge in [0.2, 0.25) is 11.4 Å². The van der Waals surface area contributed by atoms with Gasteiger partial charge in [0, 0.05) is 22.9 Å². The van der Waals surface area contributed by atoms with E-state index in [2.05, 4.69) is 80.7 Å². The molecule has 0 bridgehead atoms. The van der Waals surface area contributed by atoms with Gasteiger partial charge >= 0.3 is 0 Å². The van der Waals surface area contributed by atoms with E-state index in [9.17, 15) is 0 Å². The van der Waals surface area contributed by atoms with E-state index in [0.29, 0.717) is 11.6 Å². The summed E-state index contributed by atoms with van der Waals surface area (Å²) in [6.45, 7) is 16.4. The van der Waals surface area contributed by atoms with E-state index in [1.165, 1.54) is 11.1 Å². The van der Waals surface area contributed by atoms with E-state index in [1.54, 1.807) is 0 Å². The number of aryl methyl sites for hydroxylation is 3. The molecule has 0 saturated carbocycles. The summed E-state index contributed by atoms with van der Waals surface area (Å²) in [5.74, 6) is 0.491. The van der Waals surface area contributed by atoms with Crippen molar-refractivity contribution in [2.45, 2.75) is 34.1 Å². The van der Waals surface area contributed by atoms with E-state index in [4.69, 9.17) is 11.0 Å². The Morgan fingerprint density at radius 2 is 1.86 bits per heavy atom. The lowest BCUT2D eigenvalue weighted by Crippen LogP contribution is -2.30. The Bertz CT molecular complexity index is 1260. The molecular weight excluding hydrogens is 344 g/mol. The molecule has 0 aliphatic rings. The third kappa shape index (κ3) is 2.77. The quantitative estimate of drug-likeness (QED) is 0.301. The lowest BCUT2D eigenvalue weighted by molar-refractivity contribution is -0.660. The monoisotopic (exact) mass is 369 g/mol. The van der Waals surface area contributed by atoms with Gasteiger partial charge in [-0.2, -0.15) is 0 Å². The zero-order chi connectivity index (χ0) is 20.0. The Morgan fingerprint density at radius 1 is 1.07 bits per heavy atom. The minimum atomic E-state index is 0.491. The van der Waals surface area contributed by atoms with Crippen LogP contribution in [0.25, 0.3) is 38.0 Å². The van der Waals surface area contributed by atoms with Gasteiger partial charge in [0.25, 0.3) is 0 Å². The molecule has 2 aromatic carbocycles. The minimum absolute atomic E-state index is 0.491. The number of fused-ring (bicyclic) bond motifs is 3. The highest BCUT2D eigenvalue weighted by atomic mass is 16.3. The second kappa shape index (κ2) is 6.80. The van der Waals surface area contributed by atoms with E-state index in [-0.39, 0.29) is 0 Å². The molecule has 3 nitrogen and oxygen atoms in total. The minimum Gasteiger partial charge on any atom is -0.466 e. The first-order valence-electron chi connectivity index (χ1n) is 9.73. The van der Waals surface area contributed by atoms with Gasteiger partial charge in [-0.3, -0.25) is 0 Å². The predicted molar refractivity (Wildman–Crippen MR) is 115 cm³/mol. The van der Waals surface area contributed by atoms with Crippen molar-refractivity contribution in [2.75, 3.05) is 0 Å². The summed E-state index contributed by atoms with van der Waals surface area (Å²) >= 11 is 0. The van der Waals surface area contributed by atoms with Gasteiger partial charge in [-0.25, -0.2) is 9.41 Å². The van der Waals surface area contributed by atoms with Crippen molar-refractivity contribution >= 4 is 27.6 Å². The molecule has 0 fully saturated rings. The zero-order valence-electron chi connectivity index (χ0n) is 17.1. The fraction of sp³-hybridized carbons (Fsp3) is 0.280. The molecule has 0 atom stereocenters. The second-order valence-corrected chi connectivity index (χ2v) is 8.05. The van der Waals surface area contributed by atoms with Crippen LogP contribution in [0.4, 0.5) is 5.69 Å². The summed E-state index contributed by atoms with van der Waals surface area (Å²) in [6, 6.07) is 12.6. The molecule has 4 aromatic rings. The summed E-state index contributed by atoms with van der Waals surface area (Å²) in [5.41, 5.74) is 7.88. The molecule has 0 radical (unpaired) electrons. The van der Waals surface area contributed by atoms with Crippen LogP contribution in [0.15, 0.2) is 47.0 Å². The summed E-state index contributed by atoms with van der Waals surface area (Å²) in [7, 11) is 2.05. The first kappa shape index (κ1) is 18.3. The topological polar surface area (TPSA) is 21.4 Å². The summed E-state index contributed by atoms with van der Waals surface area (Å²) in [6.07, 6.45) is 2.93. The zero-order valence-corrected chi connectivity index (χ0v) is 17.1. The summed E-state index contributed by atoms with van der Waals surface area (Å²) < 4.78 is 8.59. The van der Waals surface area contributed by atoms with Crippen LogP contribution in [0, 0.1) is 26.3 Å². The maximum Gasteiger partial charge on any atom is 0.232 e. The number of furan rings is 1. The van der Waals surface area contributed by atoms with Gasteiger partial charge in [0.1, 0.15) is 18.2 Å². The van der Waals surface area contributed by atoms with Gasteiger partial charge in [-0.15, -0.1) is 0 Å². The number of pyridine rings is 1. The van der Waals surface area contributed by atoms with Crippen molar-refractivity contribution in [3.8, 4) is 11.3 Å². The van der Waals surface area contributed by atoms with Crippen molar-refractivity contribution in [1.82, 2.24) is 0 Å². The Morgan fingerprint density at radius 3 is 2.54 bits per heavy atom. The molecule has 2 heterocycles. The van der Waals surface area contributed by atoms with Crippen LogP contribution in [-0.4, -0.2) is 0 Å². The molecule has 0 spiro atoms. The maximum atomic E-state index is 7.79. The maximum absolute atomic E-state index is 7.79. The van der Waals surface area contributed by atoms with Crippen LogP contribution in [0.5, 0.6) is 0 Å². The summed E-state index contributed by atoms with van der Waals surface area (Å²) in [5, 5.41) is 2.14. The molecular formula is C25H25N2O+. The molecule has 0 saturated heterocycles. The first-order valence-corrected chi connectivity index (χ1v) is 9.73. The van der Waals surface area contributed by atoms with Crippen molar-refractivity contribution < 1.29 is 8.98 Å². The highest BCUT2D eigenvalue weighted by molar-refractivity contribution is 6.14. The van der Waals surface area contributed by atoms with Crippen molar-refractivity contribution in [3.05, 3.63) is 70.7 Å².